The fourth-order valence-electron chi connectivity index (χ4n) is 1.41. The molecule has 4 nitrogen and oxygen atoms in total. The predicted octanol–water partition coefficient (Wildman–Crippen LogP) is 1.06. The highest BCUT2D eigenvalue weighted by molar-refractivity contribution is 7.07. The molecule has 0 spiro atoms. The molecule has 0 amide bonds. The van der Waals surface area contributed by atoms with E-state index in [9.17, 15) is 4.79 Å². The largest absolute Gasteiger partial charge is 0.379 e. The van der Waals surface area contributed by atoms with Crippen LogP contribution < -0.4 is 4.87 Å². The van der Waals surface area contributed by atoms with E-state index in [1.807, 2.05) is 0 Å². The first-order valence-electron chi connectivity index (χ1n) is 4.69. The molecule has 1 aromatic rings. The molecule has 2 heterocycles. The Hall–Kier alpha value is -0.650. The molecular weight excluding hydrogens is 202 g/mol. The monoisotopic (exact) mass is 215 g/mol. The summed E-state index contributed by atoms with van der Waals surface area (Å²) in [7, 11) is 0. The maximum Gasteiger partial charge on any atom is 0.308 e. The molecule has 1 aliphatic heterocycles. The fourth-order valence-corrected chi connectivity index (χ4v) is 1.99. The molecule has 1 unspecified atom stereocenters. The first kappa shape index (κ1) is 9.89. The normalized spacial score (nSPS) is 22.4. The molecule has 0 saturated carbocycles. The van der Waals surface area contributed by atoms with Crippen LogP contribution >= 0.6 is 11.3 Å². The van der Waals surface area contributed by atoms with E-state index in [0.717, 1.165) is 19.4 Å². The lowest BCUT2D eigenvalue weighted by Gasteiger charge is -2.22. The van der Waals surface area contributed by atoms with Crippen molar-refractivity contribution in [2.24, 2.45) is 0 Å². The summed E-state index contributed by atoms with van der Waals surface area (Å²) in [6, 6.07) is 0. The van der Waals surface area contributed by atoms with Crippen molar-refractivity contribution < 1.29 is 9.47 Å². The van der Waals surface area contributed by atoms with Crippen LogP contribution in [0.15, 0.2) is 16.4 Å². The Morgan fingerprint density at radius 1 is 1.71 bits per heavy atom. The molecule has 1 fully saturated rings. The van der Waals surface area contributed by atoms with Crippen LogP contribution in [0.25, 0.3) is 0 Å². The number of hydrogen-bond acceptors (Lipinski definition) is 4. The van der Waals surface area contributed by atoms with Crippen molar-refractivity contribution in [3.63, 3.8) is 0 Å². The average molecular weight is 215 g/mol. The smallest absolute Gasteiger partial charge is 0.308 e. The highest BCUT2D eigenvalue weighted by Gasteiger charge is 2.14. The molecule has 1 aromatic heterocycles. The van der Waals surface area contributed by atoms with Gasteiger partial charge in [0.15, 0.2) is 0 Å². The van der Waals surface area contributed by atoms with E-state index >= 15 is 0 Å². The van der Waals surface area contributed by atoms with E-state index in [2.05, 4.69) is 0 Å². The maximum atomic E-state index is 11.2. The minimum Gasteiger partial charge on any atom is -0.379 e. The van der Waals surface area contributed by atoms with Gasteiger partial charge in [0.25, 0.3) is 0 Å². The Morgan fingerprint density at radius 2 is 2.64 bits per heavy atom. The van der Waals surface area contributed by atoms with Crippen molar-refractivity contribution in [1.29, 1.82) is 0 Å². The molecule has 78 valence electrons. The van der Waals surface area contributed by atoms with E-state index in [1.165, 1.54) is 11.3 Å². The van der Waals surface area contributed by atoms with Gasteiger partial charge in [0.05, 0.1) is 12.7 Å². The van der Waals surface area contributed by atoms with Crippen LogP contribution in [0.5, 0.6) is 0 Å². The summed E-state index contributed by atoms with van der Waals surface area (Å²) in [6.07, 6.45) is 3.97. The molecule has 1 atom stereocenters. The molecule has 5 heteroatoms. The molecule has 2 rings (SSSR count). The van der Waals surface area contributed by atoms with Crippen molar-refractivity contribution in [2.45, 2.75) is 25.7 Å². The van der Waals surface area contributed by atoms with E-state index in [4.69, 9.17) is 9.47 Å². The molecule has 0 radical (unpaired) electrons. The number of hydrogen-bond donors (Lipinski definition) is 0. The van der Waals surface area contributed by atoms with E-state index in [1.54, 1.807) is 16.1 Å². The number of ether oxygens (including phenoxy) is 2. The third-order valence-corrected chi connectivity index (χ3v) is 2.91. The van der Waals surface area contributed by atoms with Gasteiger partial charge in [-0.3, -0.25) is 9.36 Å². The van der Waals surface area contributed by atoms with Crippen LogP contribution in [0.2, 0.25) is 0 Å². The summed E-state index contributed by atoms with van der Waals surface area (Å²) >= 11 is 1.19. The molecule has 1 saturated heterocycles. The van der Waals surface area contributed by atoms with Gasteiger partial charge in [-0.1, -0.05) is 11.3 Å². The van der Waals surface area contributed by atoms with Crippen LogP contribution in [-0.2, 0) is 16.2 Å². The Kier molecular flexibility index (Phi) is 3.34. The molecule has 1 aliphatic rings. The van der Waals surface area contributed by atoms with Crippen molar-refractivity contribution >= 4 is 11.3 Å². The zero-order valence-electron chi connectivity index (χ0n) is 7.85. The second kappa shape index (κ2) is 4.72. The zero-order chi connectivity index (χ0) is 9.80. The summed E-state index contributed by atoms with van der Waals surface area (Å²) in [5, 5.41) is 1.77. The third kappa shape index (κ3) is 2.43. The Labute approximate surface area is 86.1 Å². The maximum absolute atomic E-state index is 11.2. The van der Waals surface area contributed by atoms with Crippen molar-refractivity contribution in [1.82, 2.24) is 4.57 Å². The second-order valence-electron chi connectivity index (χ2n) is 3.27. The van der Waals surface area contributed by atoms with E-state index in [-0.39, 0.29) is 11.0 Å². The van der Waals surface area contributed by atoms with E-state index < -0.39 is 0 Å². The van der Waals surface area contributed by atoms with Gasteiger partial charge in [0, 0.05) is 18.2 Å². The van der Waals surface area contributed by atoms with Crippen molar-refractivity contribution in [3.8, 4) is 0 Å². The van der Waals surface area contributed by atoms with Crippen molar-refractivity contribution in [3.05, 3.63) is 21.2 Å². The van der Waals surface area contributed by atoms with Gasteiger partial charge in [-0.25, -0.2) is 0 Å². The Morgan fingerprint density at radius 3 is 3.29 bits per heavy atom. The minimum absolute atomic E-state index is 0.0294. The number of rotatable bonds is 3. The van der Waals surface area contributed by atoms with Gasteiger partial charge < -0.3 is 9.47 Å². The fraction of sp³-hybridized carbons (Fsp3) is 0.667. The van der Waals surface area contributed by atoms with Gasteiger partial charge >= 0.3 is 4.87 Å². The lowest BCUT2D eigenvalue weighted by atomic mass is 10.2. The lowest BCUT2D eigenvalue weighted by Crippen LogP contribution is -2.27. The molecular formula is C9H13NO3S. The van der Waals surface area contributed by atoms with Crippen LogP contribution in [0.1, 0.15) is 12.8 Å². The standard InChI is InChI=1S/C9H13NO3S/c11-9-10(3-5-14-9)7-13-8-2-1-4-12-6-8/h3,5,8H,1-2,4,6-7H2. The quantitative estimate of drug-likeness (QED) is 0.757. The zero-order valence-corrected chi connectivity index (χ0v) is 8.66. The molecule has 0 bridgehead atoms. The van der Waals surface area contributed by atoms with Gasteiger partial charge in [0.2, 0.25) is 0 Å². The topological polar surface area (TPSA) is 40.5 Å². The first-order chi connectivity index (χ1) is 6.86. The molecule has 14 heavy (non-hydrogen) atoms. The van der Waals surface area contributed by atoms with Gasteiger partial charge in [0.1, 0.15) is 6.73 Å². The lowest BCUT2D eigenvalue weighted by molar-refractivity contribution is -0.0737. The minimum atomic E-state index is 0.0294. The molecule has 0 N–H and O–H groups in total. The van der Waals surface area contributed by atoms with Crippen LogP contribution in [0, 0.1) is 0 Å². The predicted molar refractivity (Wildman–Crippen MR) is 53.5 cm³/mol. The highest BCUT2D eigenvalue weighted by Crippen LogP contribution is 2.10. The van der Waals surface area contributed by atoms with Crippen LogP contribution in [-0.4, -0.2) is 23.9 Å². The molecule has 0 aliphatic carbocycles. The summed E-state index contributed by atoms with van der Waals surface area (Å²) < 4.78 is 12.4. The number of aromatic nitrogens is 1. The summed E-state index contributed by atoms with van der Waals surface area (Å²) in [6.45, 7) is 1.83. The number of thiazole rings is 1. The number of nitrogens with zero attached hydrogens (tertiary/aromatic N) is 1. The van der Waals surface area contributed by atoms with Crippen LogP contribution in [0.4, 0.5) is 0 Å². The summed E-state index contributed by atoms with van der Waals surface area (Å²) in [5.74, 6) is 0. The summed E-state index contributed by atoms with van der Waals surface area (Å²) in [5.41, 5.74) is 0. The van der Waals surface area contributed by atoms with Gasteiger partial charge in [-0.2, -0.15) is 0 Å². The third-order valence-electron chi connectivity index (χ3n) is 2.21. The average Bonchev–Trinajstić information content (AvgIpc) is 2.63. The van der Waals surface area contributed by atoms with Crippen molar-refractivity contribution in [2.75, 3.05) is 13.2 Å². The Bertz CT molecular complexity index is 327. The van der Waals surface area contributed by atoms with E-state index in [0.29, 0.717) is 13.3 Å². The first-order valence-corrected chi connectivity index (χ1v) is 5.57. The summed E-state index contributed by atoms with van der Waals surface area (Å²) in [4.78, 5) is 11.2. The molecule has 0 aromatic carbocycles. The van der Waals surface area contributed by atoms with Gasteiger partial charge in [-0.15, -0.1) is 0 Å². The van der Waals surface area contributed by atoms with Gasteiger partial charge in [-0.05, 0) is 12.8 Å². The van der Waals surface area contributed by atoms with Crippen LogP contribution in [0.3, 0.4) is 0 Å². The SMILES string of the molecule is O=c1sccn1COC1CCCOC1. The second-order valence-corrected chi connectivity index (χ2v) is 4.13. The highest BCUT2D eigenvalue weighted by atomic mass is 32.1. The Balaban J connectivity index is 1.82.